The van der Waals surface area contributed by atoms with E-state index in [-0.39, 0.29) is 5.91 Å². The van der Waals surface area contributed by atoms with Crippen LogP contribution in [0.25, 0.3) is 0 Å². The van der Waals surface area contributed by atoms with Gasteiger partial charge >= 0.3 is 0 Å². The lowest BCUT2D eigenvalue weighted by atomic mass is 10.0. The van der Waals surface area contributed by atoms with Crippen LogP contribution < -0.4 is 0 Å². The van der Waals surface area contributed by atoms with Crippen LogP contribution in [0.15, 0.2) is 18.2 Å². The van der Waals surface area contributed by atoms with Gasteiger partial charge in [0.2, 0.25) is 0 Å². The molecule has 0 aliphatic carbocycles. The summed E-state index contributed by atoms with van der Waals surface area (Å²) >= 11 is 8.21. The van der Waals surface area contributed by atoms with E-state index in [1.165, 1.54) is 0 Å². The molecular formula is C13H15ClINO. The molecule has 1 aromatic rings. The number of rotatable bonds is 1. The first-order valence-electron chi connectivity index (χ1n) is 5.73. The molecule has 2 unspecified atom stereocenters. The Morgan fingerprint density at radius 3 is 2.47 bits per heavy atom. The van der Waals surface area contributed by atoms with Crippen molar-refractivity contribution in [2.45, 2.75) is 13.8 Å². The maximum absolute atomic E-state index is 12.3. The van der Waals surface area contributed by atoms with Crippen molar-refractivity contribution in [3.63, 3.8) is 0 Å². The Bertz CT molecular complexity index is 439. The van der Waals surface area contributed by atoms with Gasteiger partial charge in [0.05, 0.1) is 5.02 Å². The molecule has 2 atom stereocenters. The maximum Gasteiger partial charge on any atom is 0.253 e. The zero-order valence-corrected chi connectivity index (χ0v) is 12.8. The molecule has 0 spiro atoms. The van der Waals surface area contributed by atoms with E-state index in [0.29, 0.717) is 22.4 Å². The highest BCUT2D eigenvalue weighted by Gasteiger charge is 2.29. The van der Waals surface area contributed by atoms with Gasteiger partial charge in [-0.05, 0) is 52.6 Å². The van der Waals surface area contributed by atoms with Gasteiger partial charge in [-0.25, -0.2) is 0 Å². The van der Waals surface area contributed by atoms with Crippen molar-refractivity contribution in [2.75, 3.05) is 13.1 Å². The quantitative estimate of drug-likeness (QED) is 0.697. The summed E-state index contributed by atoms with van der Waals surface area (Å²) in [5, 5.41) is 0.650. The van der Waals surface area contributed by atoms with Crippen molar-refractivity contribution < 1.29 is 4.79 Å². The minimum Gasteiger partial charge on any atom is -0.338 e. The molecule has 1 amide bonds. The Kier molecular flexibility index (Phi) is 3.98. The molecule has 0 N–H and O–H groups in total. The van der Waals surface area contributed by atoms with Crippen molar-refractivity contribution >= 4 is 40.1 Å². The third kappa shape index (κ3) is 2.76. The van der Waals surface area contributed by atoms with Gasteiger partial charge in [0.25, 0.3) is 5.91 Å². The number of benzene rings is 1. The van der Waals surface area contributed by atoms with Crippen molar-refractivity contribution in [3.8, 4) is 0 Å². The van der Waals surface area contributed by atoms with E-state index in [2.05, 4.69) is 36.4 Å². The summed E-state index contributed by atoms with van der Waals surface area (Å²) in [6, 6.07) is 5.50. The summed E-state index contributed by atoms with van der Waals surface area (Å²) in [6.45, 7) is 6.09. The van der Waals surface area contributed by atoms with Crippen molar-refractivity contribution in [2.24, 2.45) is 11.8 Å². The van der Waals surface area contributed by atoms with Crippen molar-refractivity contribution in [1.29, 1.82) is 0 Å². The smallest absolute Gasteiger partial charge is 0.253 e. The molecule has 4 heteroatoms. The number of likely N-dealkylation sites (tertiary alicyclic amines) is 1. The molecule has 92 valence electrons. The van der Waals surface area contributed by atoms with E-state index in [1.54, 1.807) is 6.07 Å². The summed E-state index contributed by atoms with van der Waals surface area (Å²) in [4.78, 5) is 14.2. The number of amides is 1. The Balaban J connectivity index is 2.17. The molecule has 1 heterocycles. The van der Waals surface area contributed by atoms with Crippen LogP contribution in [0.4, 0.5) is 0 Å². The predicted octanol–water partition coefficient (Wildman–Crippen LogP) is 3.67. The molecule has 0 bridgehead atoms. The Morgan fingerprint density at radius 1 is 1.35 bits per heavy atom. The molecule has 1 aliphatic heterocycles. The van der Waals surface area contributed by atoms with Gasteiger partial charge in [0.15, 0.2) is 0 Å². The lowest BCUT2D eigenvalue weighted by molar-refractivity contribution is 0.0785. The first kappa shape index (κ1) is 13.1. The third-order valence-corrected chi connectivity index (χ3v) is 5.01. The van der Waals surface area contributed by atoms with Gasteiger partial charge in [0.1, 0.15) is 0 Å². The highest BCUT2D eigenvalue weighted by molar-refractivity contribution is 14.1. The number of nitrogens with zero attached hydrogens (tertiary/aromatic N) is 1. The van der Waals surface area contributed by atoms with Crippen LogP contribution in [0, 0.1) is 15.4 Å². The number of carbonyl (C=O) groups is 1. The molecule has 2 rings (SSSR count). The summed E-state index contributed by atoms with van der Waals surface area (Å²) in [5.74, 6) is 1.26. The second-order valence-corrected chi connectivity index (χ2v) is 6.36. The van der Waals surface area contributed by atoms with Crippen LogP contribution in [-0.2, 0) is 0 Å². The van der Waals surface area contributed by atoms with E-state index in [0.717, 1.165) is 16.7 Å². The standard InChI is InChI=1S/C13H15ClINO/c1-8-6-16(7-9(8)2)13(17)10-3-4-12(15)11(14)5-10/h3-5,8-9H,6-7H2,1-2H3. The van der Waals surface area contributed by atoms with Crippen LogP contribution in [-0.4, -0.2) is 23.9 Å². The summed E-state index contributed by atoms with van der Waals surface area (Å²) < 4.78 is 0.976. The number of carbonyl (C=O) groups excluding carboxylic acids is 1. The van der Waals surface area contributed by atoms with Crippen LogP contribution in [0.2, 0.25) is 5.02 Å². The molecule has 0 radical (unpaired) electrons. The molecule has 2 nitrogen and oxygen atoms in total. The second kappa shape index (κ2) is 5.14. The van der Waals surface area contributed by atoms with E-state index >= 15 is 0 Å². The molecule has 1 saturated heterocycles. The third-order valence-electron chi connectivity index (χ3n) is 3.44. The van der Waals surface area contributed by atoms with Crippen molar-refractivity contribution in [3.05, 3.63) is 32.4 Å². The lowest BCUT2D eigenvalue weighted by Crippen LogP contribution is -2.28. The van der Waals surface area contributed by atoms with Gasteiger partial charge in [-0.3, -0.25) is 4.79 Å². The molecular weight excluding hydrogens is 349 g/mol. The number of hydrogen-bond donors (Lipinski definition) is 0. The van der Waals surface area contributed by atoms with Gasteiger partial charge in [-0.2, -0.15) is 0 Å². The average molecular weight is 364 g/mol. The normalized spacial score (nSPS) is 24.1. The molecule has 1 fully saturated rings. The van der Waals surface area contributed by atoms with E-state index in [9.17, 15) is 4.79 Å². The zero-order chi connectivity index (χ0) is 12.6. The van der Waals surface area contributed by atoms with Crippen LogP contribution >= 0.6 is 34.2 Å². The van der Waals surface area contributed by atoms with Crippen LogP contribution in [0.5, 0.6) is 0 Å². The first-order chi connectivity index (χ1) is 7.99. The van der Waals surface area contributed by atoms with E-state index < -0.39 is 0 Å². The van der Waals surface area contributed by atoms with E-state index in [4.69, 9.17) is 11.6 Å². The van der Waals surface area contributed by atoms with E-state index in [1.807, 2.05) is 17.0 Å². The molecule has 0 saturated carbocycles. The Morgan fingerprint density at radius 2 is 1.94 bits per heavy atom. The predicted molar refractivity (Wildman–Crippen MR) is 78.4 cm³/mol. The molecule has 1 aliphatic rings. The van der Waals surface area contributed by atoms with Crippen LogP contribution in [0.3, 0.4) is 0 Å². The minimum atomic E-state index is 0.0968. The monoisotopic (exact) mass is 363 g/mol. The minimum absolute atomic E-state index is 0.0968. The first-order valence-corrected chi connectivity index (χ1v) is 7.19. The Hall–Kier alpha value is -0.290. The van der Waals surface area contributed by atoms with Crippen molar-refractivity contribution in [1.82, 2.24) is 4.90 Å². The fraction of sp³-hybridized carbons (Fsp3) is 0.462. The fourth-order valence-corrected chi connectivity index (χ4v) is 2.62. The SMILES string of the molecule is CC1CN(C(=O)c2ccc(I)c(Cl)c2)CC1C. The fourth-order valence-electron chi connectivity index (χ4n) is 2.11. The highest BCUT2D eigenvalue weighted by atomic mass is 127. The topological polar surface area (TPSA) is 20.3 Å². The number of halogens is 2. The zero-order valence-electron chi connectivity index (χ0n) is 9.91. The van der Waals surface area contributed by atoms with Gasteiger partial charge < -0.3 is 4.90 Å². The van der Waals surface area contributed by atoms with Crippen LogP contribution in [0.1, 0.15) is 24.2 Å². The number of hydrogen-bond acceptors (Lipinski definition) is 1. The second-order valence-electron chi connectivity index (χ2n) is 4.79. The summed E-state index contributed by atoms with van der Waals surface area (Å²) in [6.07, 6.45) is 0. The molecule has 1 aromatic carbocycles. The highest BCUT2D eigenvalue weighted by Crippen LogP contribution is 2.25. The summed E-state index contributed by atoms with van der Waals surface area (Å²) in [5.41, 5.74) is 0.691. The molecule has 17 heavy (non-hydrogen) atoms. The Labute approximate surface area is 120 Å². The summed E-state index contributed by atoms with van der Waals surface area (Å²) in [7, 11) is 0. The van der Waals surface area contributed by atoms with Gasteiger partial charge in [0, 0.05) is 22.2 Å². The van der Waals surface area contributed by atoms with Gasteiger partial charge in [-0.1, -0.05) is 25.4 Å². The average Bonchev–Trinajstić information content (AvgIpc) is 2.62. The maximum atomic E-state index is 12.3. The largest absolute Gasteiger partial charge is 0.338 e. The molecule has 0 aromatic heterocycles. The lowest BCUT2D eigenvalue weighted by Gasteiger charge is -2.16. The van der Waals surface area contributed by atoms with Gasteiger partial charge in [-0.15, -0.1) is 0 Å².